The lowest BCUT2D eigenvalue weighted by Gasteiger charge is -2.06. The highest BCUT2D eigenvalue weighted by atomic mass is 35.5. The Morgan fingerprint density at radius 3 is 2.64 bits per heavy atom. The van der Waals surface area contributed by atoms with Crippen LogP contribution in [0.25, 0.3) is 6.08 Å². The number of ether oxygens (including phenoxy) is 2. The fourth-order valence-electron chi connectivity index (χ4n) is 2.32. The van der Waals surface area contributed by atoms with Gasteiger partial charge in [0.05, 0.1) is 5.02 Å². The molecule has 1 heterocycles. The van der Waals surface area contributed by atoms with E-state index in [1.165, 1.54) is 13.0 Å². The standard InChI is InChI=1S/C18H15ClN2O4/c1-11(22)20-13-3-2-4-14(9-13)21-17(23)6-5-12-7-15(19)18-16(8-12)24-10-25-18/h2-9H,10H2,1H3,(H,20,22)(H,21,23)/b6-5+. The molecule has 1 aliphatic rings. The maximum atomic E-state index is 12.1. The van der Waals surface area contributed by atoms with Gasteiger partial charge in [-0.15, -0.1) is 0 Å². The Kier molecular flexibility index (Phi) is 4.90. The maximum Gasteiger partial charge on any atom is 0.248 e. The topological polar surface area (TPSA) is 76.7 Å². The first kappa shape index (κ1) is 16.9. The number of amides is 2. The zero-order valence-corrected chi connectivity index (χ0v) is 14.1. The van der Waals surface area contributed by atoms with Crippen molar-refractivity contribution >= 4 is 40.9 Å². The summed E-state index contributed by atoms with van der Waals surface area (Å²) in [6, 6.07) is 10.3. The molecule has 0 radical (unpaired) electrons. The van der Waals surface area contributed by atoms with Crippen molar-refractivity contribution in [1.82, 2.24) is 0 Å². The highest BCUT2D eigenvalue weighted by molar-refractivity contribution is 6.32. The van der Waals surface area contributed by atoms with E-state index in [0.717, 1.165) is 5.56 Å². The highest BCUT2D eigenvalue weighted by Gasteiger charge is 2.17. The Hall–Kier alpha value is -2.99. The lowest BCUT2D eigenvalue weighted by atomic mass is 10.2. The summed E-state index contributed by atoms with van der Waals surface area (Å²) in [5, 5.41) is 5.81. The Bertz CT molecular complexity index is 864. The van der Waals surface area contributed by atoms with Gasteiger partial charge in [0.15, 0.2) is 11.5 Å². The van der Waals surface area contributed by atoms with Crippen LogP contribution in [0.3, 0.4) is 0 Å². The Labute approximate surface area is 149 Å². The molecule has 2 aromatic rings. The molecule has 0 aromatic heterocycles. The number of nitrogens with one attached hydrogen (secondary N) is 2. The molecule has 7 heteroatoms. The summed E-state index contributed by atoms with van der Waals surface area (Å²) in [5.74, 6) is 0.574. The summed E-state index contributed by atoms with van der Waals surface area (Å²) in [6.45, 7) is 1.55. The minimum atomic E-state index is -0.311. The van der Waals surface area contributed by atoms with Gasteiger partial charge < -0.3 is 20.1 Å². The van der Waals surface area contributed by atoms with Crippen molar-refractivity contribution in [3.8, 4) is 11.5 Å². The summed E-state index contributed by atoms with van der Waals surface area (Å²) in [5.41, 5.74) is 1.90. The van der Waals surface area contributed by atoms with E-state index >= 15 is 0 Å². The SMILES string of the molecule is CC(=O)Nc1cccc(NC(=O)/C=C/c2cc(Cl)c3c(c2)OCO3)c1. The van der Waals surface area contributed by atoms with E-state index in [1.54, 1.807) is 42.5 Å². The lowest BCUT2D eigenvalue weighted by Crippen LogP contribution is -2.09. The third-order valence-corrected chi connectivity index (χ3v) is 3.61. The molecule has 0 bridgehead atoms. The molecular formula is C18H15ClN2O4. The second-order valence-corrected chi connectivity index (χ2v) is 5.73. The van der Waals surface area contributed by atoms with Crippen molar-refractivity contribution < 1.29 is 19.1 Å². The summed E-state index contributed by atoms with van der Waals surface area (Å²) in [7, 11) is 0. The third kappa shape index (κ3) is 4.30. The molecule has 2 amide bonds. The molecule has 25 heavy (non-hydrogen) atoms. The number of rotatable bonds is 4. The number of hydrogen-bond acceptors (Lipinski definition) is 4. The molecule has 1 aliphatic heterocycles. The summed E-state index contributed by atoms with van der Waals surface area (Å²) in [6.07, 6.45) is 3.01. The van der Waals surface area contributed by atoms with Crippen molar-refractivity contribution in [2.45, 2.75) is 6.92 Å². The number of benzene rings is 2. The van der Waals surface area contributed by atoms with Gasteiger partial charge in [-0.25, -0.2) is 0 Å². The molecule has 2 aromatic carbocycles. The molecule has 0 saturated carbocycles. The van der Waals surface area contributed by atoms with Crippen LogP contribution in [0, 0.1) is 0 Å². The van der Waals surface area contributed by atoms with Gasteiger partial charge in [0.1, 0.15) is 0 Å². The fourth-order valence-corrected chi connectivity index (χ4v) is 2.59. The number of carbonyl (C=O) groups is 2. The van der Waals surface area contributed by atoms with Crippen molar-refractivity contribution in [1.29, 1.82) is 0 Å². The van der Waals surface area contributed by atoms with Crippen LogP contribution >= 0.6 is 11.6 Å². The van der Waals surface area contributed by atoms with E-state index in [4.69, 9.17) is 21.1 Å². The minimum Gasteiger partial charge on any atom is -0.454 e. The number of carbonyl (C=O) groups excluding carboxylic acids is 2. The zero-order chi connectivity index (χ0) is 17.8. The predicted octanol–water partition coefficient (Wildman–Crippen LogP) is 3.68. The van der Waals surface area contributed by atoms with Gasteiger partial charge >= 0.3 is 0 Å². The number of hydrogen-bond donors (Lipinski definition) is 2. The molecule has 0 spiro atoms. The Morgan fingerprint density at radius 1 is 1.12 bits per heavy atom. The van der Waals surface area contributed by atoms with Crippen LogP contribution in [0.4, 0.5) is 11.4 Å². The number of anilines is 2. The first-order valence-electron chi connectivity index (χ1n) is 7.47. The monoisotopic (exact) mass is 358 g/mol. The summed E-state index contributed by atoms with van der Waals surface area (Å²) < 4.78 is 10.5. The van der Waals surface area contributed by atoms with Crippen LogP contribution < -0.4 is 20.1 Å². The molecular weight excluding hydrogens is 344 g/mol. The average Bonchev–Trinajstić information content (AvgIpc) is 3.02. The maximum absolute atomic E-state index is 12.1. The zero-order valence-electron chi connectivity index (χ0n) is 13.3. The number of halogens is 1. The predicted molar refractivity (Wildman–Crippen MR) is 96.0 cm³/mol. The van der Waals surface area contributed by atoms with E-state index in [1.807, 2.05) is 0 Å². The quantitative estimate of drug-likeness (QED) is 0.817. The van der Waals surface area contributed by atoms with Crippen LogP contribution in [0.5, 0.6) is 11.5 Å². The summed E-state index contributed by atoms with van der Waals surface area (Å²) in [4.78, 5) is 23.1. The Morgan fingerprint density at radius 2 is 1.88 bits per heavy atom. The van der Waals surface area contributed by atoms with Crippen LogP contribution in [0.2, 0.25) is 5.02 Å². The smallest absolute Gasteiger partial charge is 0.248 e. The molecule has 128 valence electrons. The normalized spacial score (nSPS) is 12.2. The largest absolute Gasteiger partial charge is 0.454 e. The van der Waals surface area contributed by atoms with Gasteiger partial charge in [0, 0.05) is 24.4 Å². The molecule has 0 atom stereocenters. The third-order valence-electron chi connectivity index (χ3n) is 3.33. The van der Waals surface area contributed by atoms with Crippen molar-refractivity contribution in [2.24, 2.45) is 0 Å². The molecule has 0 aliphatic carbocycles. The first-order chi connectivity index (χ1) is 12.0. The van der Waals surface area contributed by atoms with Gasteiger partial charge in [-0.3, -0.25) is 9.59 Å². The molecule has 6 nitrogen and oxygen atoms in total. The van der Waals surface area contributed by atoms with Crippen LogP contribution in [0.15, 0.2) is 42.5 Å². The molecule has 0 saturated heterocycles. The van der Waals surface area contributed by atoms with E-state index in [2.05, 4.69) is 10.6 Å². The average molecular weight is 359 g/mol. The fraction of sp³-hybridized carbons (Fsp3) is 0.111. The van der Waals surface area contributed by atoms with Crippen LogP contribution in [0.1, 0.15) is 12.5 Å². The molecule has 0 unspecified atom stereocenters. The summed E-state index contributed by atoms with van der Waals surface area (Å²) >= 11 is 6.10. The van der Waals surface area contributed by atoms with E-state index in [9.17, 15) is 9.59 Å². The molecule has 3 rings (SSSR count). The molecule has 0 fully saturated rings. The van der Waals surface area contributed by atoms with Gasteiger partial charge in [-0.05, 0) is 42.0 Å². The van der Waals surface area contributed by atoms with Crippen LogP contribution in [-0.2, 0) is 9.59 Å². The van der Waals surface area contributed by atoms with Crippen molar-refractivity contribution in [2.75, 3.05) is 17.4 Å². The first-order valence-corrected chi connectivity index (χ1v) is 7.85. The van der Waals surface area contributed by atoms with Crippen molar-refractivity contribution in [3.63, 3.8) is 0 Å². The van der Waals surface area contributed by atoms with Crippen molar-refractivity contribution in [3.05, 3.63) is 53.1 Å². The minimum absolute atomic E-state index is 0.132. The van der Waals surface area contributed by atoms with E-state index < -0.39 is 0 Å². The second kappa shape index (κ2) is 7.27. The lowest BCUT2D eigenvalue weighted by molar-refractivity contribution is -0.114. The Balaban J connectivity index is 1.67. The van der Waals surface area contributed by atoms with E-state index in [0.29, 0.717) is 27.9 Å². The number of fused-ring (bicyclic) bond motifs is 1. The van der Waals surface area contributed by atoms with Gasteiger partial charge in [0.2, 0.25) is 18.6 Å². The van der Waals surface area contributed by atoms with E-state index in [-0.39, 0.29) is 18.6 Å². The molecule has 2 N–H and O–H groups in total. The van der Waals surface area contributed by atoms with Crippen LogP contribution in [-0.4, -0.2) is 18.6 Å². The second-order valence-electron chi connectivity index (χ2n) is 5.32. The highest BCUT2D eigenvalue weighted by Crippen LogP contribution is 2.40. The van der Waals surface area contributed by atoms with Gasteiger partial charge in [-0.1, -0.05) is 17.7 Å². The van der Waals surface area contributed by atoms with Gasteiger partial charge in [-0.2, -0.15) is 0 Å². The van der Waals surface area contributed by atoms with Gasteiger partial charge in [0.25, 0.3) is 0 Å².